The number of aliphatic hydroxyl groups is 1. The molecule has 1 aromatic rings. The number of ether oxygens (including phenoxy) is 2. The van der Waals surface area contributed by atoms with E-state index in [4.69, 9.17) is 4.74 Å². The van der Waals surface area contributed by atoms with Crippen molar-refractivity contribution >= 4 is 11.9 Å². The van der Waals surface area contributed by atoms with Crippen molar-refractivity contribution in [3.05, 3.63) is 29.1 Å². The van der Waals surface area contributed by atoms with Gasteiger partial charge in [0.2, 0.25) is 34.8 Å². The lowest BCUT2D eigenvalue weighted by Gasteiger charge is -2.25. The SMILES string of the molecule is CCC(=O)OCC(C)(CO)CC(=O)Oc1c(F)c(F)c(F)c(F)c1F. The molecule has 0 saturated carbocycles. The van der Waals surface area contributed by atoms with Gasteiger partial charge in [0.25, 0.3) is 0 Å². The number of aliphatic hydroxyl groups excluding tert-OH is 1. The highest BCUT2D eigenvalue weighted by Gasteiger charge is 2.33. The van der Waals surface area contributed by atoms with Crippen molar-refractivity contribution in [2.24, 2.45) is 5.41 Å². The third-order valence-corrected chi connectivity index (χ3v) is 3.21. The van der Waals surface area contributed by atoms with Crippen LogP contribution in [-0.4, -0.2) is 30.3 Å². The Kier molecular flexibility index (Phi) is 6.86. The van der Waals surface area contributed by atoms with E-state index in [9.17, 15) is 36.6 Å². The van der Waals surface area contributed by atoms with Crippen LogP contribution >= 0.6 is 0 Å². The van der Waals surface area contributed by atoms with Crippen molar-refractivity contribution < 1.29 is 46.1 Å². The molecule has 0 radical (unpaired) electrons. The fourth-order valence-corrected chi connectivity index (χ4v) is 1.68. The highest BCUT2D eigenvalue weighted by atomic mass is 19.2. The second kappa shape index (κ2) is 8.24. The lowest BCUT2D eigenvalue weighted by Crippen LogP contribution is -2.33. The predicted octanol–water partition coefficient (Wildman–Crippen LogP) is 2.63. The van der Waals surface area contributed by atoms with Gasteiger partial charge in [-0.2, -0.15) is 8.78 Å². The zero-order valence-corrected chi connectivity index (χ0v) is 13.3. The maximum absolute atomic E-state index is 13.5. The molecule has 1 unspecified atom stereocenters. The molecule has 0 aliphatic rings. The Balaban J connectivity index is 2.94. The van der Waals surface area contributed by atoms with Crippen LogP contribution in [0.25, 0.3) is 0 Å². The molecule has 0 heterocycles. The van der Waals surface area contributed by atoms with Gasteiger partial charge >= 0.3 is 11.9 Å². The number of esters is 2. The van der Waals surface area contributed by atoms with E-state index >= 15 is 0 Å². The van der Waals surface area contributed by atoms with E-state index in [0.29, 0.717) is 0 Å². The van der Waals surface area contributed by atoms with Crippen LogP contribution in [0.5, 0.6) is 5.75 Å². The van der Waals surface area contributed by atoms with Crippen molar-refractivity contribution in [1.29, 1.82) is 0 Å². The van der Waals surface area contributed by atoms with Gasteiger partial charge in [-0.25, -0.2) is 13.2 Å². The molecule has 0 spiro atoms. The van der Waals surface area contributed by atoms with Crippen molar-refractivity contribution in [1.82, 2.24) is 0 Å². The molecule has 0 bridgehead atoms. The highest BCUT2D eigenvalue weighted by Crippen LogP contribution is 2.30. The van der Waals surface area contributed by atoms with Gasteiger partial charge in [0.1, 0.15) is 0 Å². The van der Waals surface area contributed by atoms with Crippen LogP contribution in [0.3, 0.4) is 0 Å². The van der Waals surface area contributed by atoms with E-state index in [1.807, 2.05) is 0 Å². The zero-order chi connectivity index (χ0) is 19.4. The van der Waals surface area contributed by atoms with E-state index < -0.39 is 71.8 Å². The molecule has 0 aliphatic heterocycles. The Morgan fingerprint density at radius 1 is 0.960 bits per heavy atom. The molecule has 10 heteroatoms. The molecular formula is C15H15F5O5. The summed E-state index contributed by atoms with van der Waals surface area (Å²) in [6, 6.07) is 0. The first-order valence-corrected chi connectivity index (χ1v) is 7.05. The van der Waals surface area contributed by atoms with Gasteiger partial charge < -0.3 is 14.6 Å². The smallest absolute Gasteiger partial charge is 0.312 e. The average Bonchev–Trinajstić information content (AvgIpc) is 2.59. The summed E-state index contributed by atoms with van der Waals surface area (Å²) in [5.74, 6) is -15.2. The highest BCUT2D eigenvalue weighted by molar-refractivity contribution is 5.73. The first-order valence-electron chi connectivity index (χ1n) is 7.05. The number of rotatable bonds is 7. The Morgan fingerprint density at radius 3 is 1.88 bits per heavy atom. The summed E-state index contributed by atoms with van der Waals surface area (Å²) in [4.78, 5) is 22.9. The standard InChI is InChI=1S/C15H15F5O5/c1-3-7(22)24-6-15(2,5-21)4-8(23)25-14-12(19)10(17)9(16)11(18)13(14)20/h21H,3-6H2,1-2H3. The van der Waals surface area contributed by atoms with Crippen molar-refractivity contribution in [3.8, 4) is 5.75 Å². The minimum absolute atomic E-state index is 0.0382. The summed E-state index contributed by atoms with van der Waals surface area (Å²) >= 11 is 0. The summed E-state index contributed by atoms with van der Waals surface area (Å²) in [5.41, 5.74) is -1.37. The van der Waals surface area contributed by atoms with Gasteiger partial charge in [0.05, 0.1) is 19.6 Å². The molecule has 25 heavy (non-hydrogen) atoms. The summed E-state index contributed by atoms with van der Waals surface area (Å²) < 4.78 is 75.0. The zero-order valence-electron chi connectivity index (χ0n) is 13.3. The molecular weight excluding hydrogens is 355 g/mol. The molecule has 0 aromatic heterocycles. The molecule has 1 rings (SSSR count). The van der Waals surface area contributed by atoms with Crippen LogP contribution in [-0.2, 0) is 14.3 Å². The lowest BCUT2D eigenvalue weighted by molar-refractivity contribution is -0.151. The average molecular weight is 370 g/mol. The third-order valence-electron chi connectivity index (χ3n) is 3.21. The summed E-state index contributed by atoms with van der Waals surface area (Å²) in [5, 5.41) is 9.30. The number of hydrogen-bond acceptors (Lipinski definition) is 5. The van der Waals surface area contributed by atoms with Gasteiger partial charge in [-0.1, -0.05) is 13.8 Å². The second-order valence-corrected chi connectivity index (χ2v) is 5.53. The minimum atomic E-state index is -2.39. The minimum Gasteiger partial charge on any atom is -0.465 e. The Labute approximate surface area is 139 Å². The molecule has 0 aliphatic carbocycles. The monoisotopic (exact) mass is 370 g/mol. The van der Waals surface area contributed by atoms with Crippen LogP contribution in [0.1, 0.15) is 26.7 Å². The molecule has 1 N–H and O–H groups in total. The normalized spacial score (nSPS) is 13.3. The molecule has 0 saturated heterocycles. The summed E-state index contributed by atoms with van der Waals surface area (Å²) in [6.45, 7) is 1.73. The van der Waals surface area contributed by atoms with Crippen LogP contribution in [0.2, 0.25) is 0 Å². The van der Waals surface area contributed by atoms with Crippen molar-refractivity contribution in [3.63, 3.8) is 0 Å². The van der Waals surface area contributed by atoms with E-state index in [-0.39, 0.29) is 6.42 Å². The number of carbonyl (C=O) groups is 2. The second-order valence-electron chi connectivity index (χ2n) is 5.53. The molecule has 0 fully saturated rings. The summed E-state index contributed by atoms with van der Waals surface area (Å²) in [6.07, 6.45) is -0.670. The lowest BCUT2D eigenvalue weighted by atomic mass is 9.89. The van der Waals surface area contributed by atoms with E-state index in [1.54, 1.807) is 0 Å². The fourth-order valence-electron chi connectivity index (χ4n) is 1.68. The van der Waals surface area contributed by atoms with Crippen molar-refractivity contribution in [2.45, 2.75) is 26.7 Å². The van der Waals surface area contributed by atoms with E-state index in [2.05, 4.69) is 4.74 Å². The molecule has 5 nitrogen and oxygen atoms in total. The predicted molar refractivity (Wildman–Crippen MR) is 72.9 cm³/mol. The number of hydrogen-bond donors (Lipinski definition) is 1. The first kappa shape index (κ1) is 20.8. The van der Waals surface area contributed by atoms with Crippen LogP contribution < -0.4 is 4.74 Å². The largest absolute Gasteiger partial charge is 0.465 e. The Bertz CT molecular complexity index is 650. The van der Waals surface area contributed by atoms with Crippen LogP contribution in [0.15, 0.2) is 0 Å². The van der Waals surface area contributed by atoms with E-state index in [1.165, 1.54) is 13.8 Å². The maximum atomic E-state index is 13.5. The molecule has 1 atom stereocenters. The summed E-state index contributed by atoms with van der Waals surface area (Å²) in [7, 11) is 0. The quantitative estimate of drug-likeness (QED) is 0.263. The fraction of sp³-hybridized carbons (Fsp3) is 0.467. The number of halogens is 5. The van der Waals surface area contributed by atoms with Gasteiger partial charge in [-0.05, 0) is 0 Å². The van der Waals surface area contributed by atoms with E-state index in [0.717, 1.165) is 0 Å². The van der Waals surface area contributed by atoms with Gasteiger partial charge in [-0.3, -0.25) is 9.59 Å². The molecule has 140 valence electrons. The Hall–Kier alpha value is -2.23. The third kappa shape index (κ3) is 4.88. The van der Waals surface area contributed by atoms with Crippen LogP contribution in [0.4, 0.5) is 22.0 Å². The van der Waals surface area contributed by atoms with Gasteiger partial charge in [0, 0.05) is 11.8 Å². The molecule has 0 amide bonds. The van der Waals surface area contributed by atoms with Gasteiger partial charge in [-0.15, -0.1) is 0 Å². The maximum Gasteiger partial charge on any atom is 0.312 e. The number of carbonyl (C=O) groups excluding carboxylic acids is 2. The molecule has 1 aromatic carbocycles. The Morgan fingerprint density at radius 2 is 1.44 bits per heavy atom. The topological polar surface area (TPSA) is 72.8 Å². The first-order chi connectivity index (χ1) is 11.6. The van der Waals surface area contributed by atoms with Crippen molar-refractivity contribution in [2.75, 3.05) is 13.2 Å². The van der Waals surface area contributed by atoms with Gasteiger partial charge in [0.15, 0.2) is 0 Å². The van der Waals surface area contributed by atoms with Crippen LogP contribution in [0, 0.1) is 34.5 Å². The number of benzene rings is 1.